The molecular formula is C9H13N. The Labute approximate surface area is 61.6 Å². The Morgan fingerprint density at radius 3 is 3.00 bits per heavy atom. The summed E-state index contributed by atoms with van der Waals surface area (Å²) in [6.07, 6.45) is 9.50. The molecule has 0 amide bonds. The van der Waals surface area contributed by atoms with Gasteiger partial charge in [-0.15, -0.1) is 0 Å². The predicted octanol–water partition coefficient (Wildman–Crippen LogP) is 1.75. The van der Waals surface area contributed by atoms with Crippen LogP contribution in [0.1, 0.15) is 25.7 Å². The second kappa shape index (κ2) is 2.24. The number of allylic oxidation sites excluding steroid dienone is 2. The molecule has 0 aromatic carbocycles. The minimum Gasteiger partial charge on any atom is -0.324 e. The Kier molecular flexibility index (Phi) is 1.38. The molecular weight excluding hydrogens is 122 g/mol. The fraction of sp³-hybridized carbons (Fsp3) is 0.556. The predicted molar refractivity (Wildman–Crippen MR) is 42.6 cm³/mol. The van der Waals surface area contributed by atoms with Crippen LogP contribution in [0.15, 0.2) is 23.3 Å². The molecule has 0 bridgehead atoms. The number of rotatable bonds is 0. The molecule has 0 saturated heterocycles. The maximum absolute atomic E-state index is 5.77. The van der Waals surface area contributed by atoms with E-state index in [1.807, 2.05) is 0 Å². The lowest BCUT2D eigenvalue weighted by Gasteiger charge is -2.12. The van der Waals surface area contributed by atoms with Gasteiger partial charge >= 0.3 is 0 Å². The number of hydrogen-bond donors (Lipinski definition) is 1. The standard InChI is InChI=1S/C9H13N/c10-9-5-4-7-2-1-3-8(7)6-9/h4,6,9H,1-3,5,10H2. The summed E-state index contributed by atoms with van der Waals surface area (Å²) in [6, 6.07) is 0.303. The number of hydrogen-bond acceptors (Lipinski definition) is 1. The molecule has 2 aliphatic carbocycles. The van der Waals surface area contributed by atoms with Gasteiger partial charge in [-0.05, 0) is 36.8 Å². The van der Waals surface area contributed by atoms with Gasteiger partial charge in [0.25, 0.3) is 0 Å². The molecule has 1 saturated carbocycles. The van der Waals surface area contributed by atoms with Gasteiger partial charge in [-0.25, -0.2) is 0 Å². The van der Waals surface area contributed by atoms with E-state index in [2.05, 4.69) is 12.2 Å². The first-order valence-electron chi connectivity index (χ1n) is 4.02. The molecule has 1 atom stereocenters. The lowest BCUT2D eigenvalue weighted by Crippen LogP contribution is -2.18. The van der Waals surface area contributed by atoms with Gasteiger partial charge in [0.1, 0.15) is 0 Å². The molecule has 1 unspecified atom stereocenters. The average molecular weight is 135 g/mol. The SMILES string of the molecule is NC1C=C2CCCC2=CC1. The van der Waals surface area contributed by atoms with Crippen molar-refractivity contribution in [1.29, 1.82) is 0 Å². The van der Waals surface area contributed by atoms with Gasteiger partial charge in [-0.1, -0.05) is 12.2 Å². The van der Waals surface area contributed by atoms with Gasteiger partial charge < -0.3 is 5.73 Å². The third-order valence-electron chi connectivity index (χ3n) is 2.36. The zero-order valence-corrected chi connectivity index (χ0v) is 6.14. The zero-order valence-electron chi connectivity index (χ0n) is 6.14. The smallest absolute Gasteiger partial charge is 0.0264 e. The topological polar surface area (TPSA) is 26.0 Å². The van der Waals surface area contributed by atoms with Crippen LogP contribution in [-0.2, 0) is 0 Å². The van der Waals surface area contributed by atoms with Crippen molar-refractivity contribution in [3.63, 3.8) is 0 Å². The van der Waals surface area contributed by atoms with Gasteiger partial charge in [0, 0.05) is 6.04 Å². The molecule has 0 spiro atoms. The van der Waals surface area contributed by atoms with Crippen molar-refractivity contribution in [1.82, 2.24) is 0 Å². The average Bonchev–Trinajstić information content (AvgIpc) is 2.33. The largest absolute Gasteiger partial charge is 0.324 e. The highest BCUT2D eigenvalue weighted by Gasteiger charge is 2.17. The van der Waals surface area contributed by atoms with Crippen LogP contribution in [0.2, 0.25) is 0 Å². The Morgan fingerprint density at radius 2 is 2.10 bits per heavy atom. The van der Waals surface area contributed by atoms with Crippen molar-refractivity contribution in [2.45, 2.75) is 31.7 Å². The lowest BCUT2D eigenvalue weighted by molar-refractivity contribution is 0.807. The molecule has 1 nitrogen and oxygen atoms in total. The van der Waals surface area contributed by atoms with Crippen molar-refractivity contribution in [3.8, 4) is 0 Å². The Balaban J connectivity index is 2.27. The van der Waals surface area contributed by atoms with Crippen LogP contribution in [-0.4, -0.2) is 6.04 Å². The van der Waals surface area contributed by atoms with E-state index in [0.29, 0.717) is 6.04 Å². The van der Waals surface area contributed by atoms with Crippen LogP contribution in [0.3, 0.4) is 0 Å². The number of fused-ring (bicyclic) bond motifs is 1. The molecule has 54 valence electrons. The van der Waals surface area contributed by atoms with Crippen LogP contribution < -0.4 is 5.73 Å². The fourth-order valence-electron chi connectivity index (χ4n) is 1.82. The van der Waals surface area contributed by atoms with Crippen molar-refractivity contribution in [2.75, 3.05) is 0 Å². The summed E-state index contributed by atoms with van der Waals surface area (Å²) in [4.78, 5) is 0. The monoisotopic (exact) mass is 135 g/mol. The zero-order chi connectivity index (χ0) is 6.97. The van der Waals surface area contributed by atoms with Gasteiger partial charge in [0.2, 0.25) is 0 Å². The van der Waals surface area contributed by atoms with Gasteiger partial charge in [-0.3, -0.25) is 0 Å². The van der Waals surface area contributed by atoms with Crippen LogP contribution in [0.25, 0.3) is 0 Å². The van der Waals surface area contributed by atoms with Gasteiger partial charge in [0.05, 0.1) is 0 Å². The first-order valence-corrected chi connectivity index (χ1v) is 4.02. The third-order valence-corrected chi connectivity index (χ3v) is 2.36. The summed E-state index contributed by atoms with van der Waals surface area (Å²) in [5.41, 5.74) is 8.87. The van der Waals surface area contributed by atoms with Crippen molar-refractivity contribution >= 4 is 0 Å². The van der Waals surface area contributed by atoms with Crippen LogP contribution >= 0.6 is 0 Å². The molecule has 0 heterocycles. The van der Waals surface area contributed by atoms with E-state index in [1.165, 1.54) is 24.8 Å². The quantitative estimate of drug-likeness (QED) is 0.538. The second-order valence-electron chi connectivity index (χ2n) is 3.17. The van der Waals surface area contributed by atoms with Crippen LogP contribution in [0, 0.1) is 0 Å². The Bertz CT molecular complexity index is 201. The highest BCUT2D eigenvalue weighted by molar-refractivity contribution is 5.38. The minimum atomic E-state index is 0.303. The third kappa shape index (κ3) is 0.907. The highest BCUT2D eigenvalue weighted by Crippen LogP contribution is 2.33. The molecule has 2 aliphatic rings. The molecule has 0 radical (unpaired) electrons. The van der Waals surface area contributed by atoms with E-state index in [9.17, 15) is 0 Å². The molecule has 0 aromatic heterocycles. The summed E-state index contributed by atoms with van der Waals surface area (Å²) >= 11 is 0. The van der Waals surface area contributed by atoms with E-state index in [0.717, 1.165) is 6.42 Å². The first kappa shape index (κ1) is 6.17. The molecule has 2 N–H and O–H groups in total. The molecule has 10 heavy (non-hydrogen) atoms. The van der Waals surface area contributed by atoms with Gasteiger partial charge in [0.15, 0.2) is 0 Å². The van der Waals surface area contributed by atoms with Gasteiger partial charge in [-0.2, -0.15) is 0 Å². The second-order valence-corrected chi connectivity index (χ2v) is 3.17. The summed E-state index contributed by atoms with van der Waals surface area (Å²) in [6.45, 7) is 0. The maximum Gasteiger partial charge on any atom is 0.0264 e. The summed E-state index contributed by atoms with van der Waals surface area (Å²) < 4.78 is 0. The van der Waals surface area contributed by atoms with E-state index in [4.69, 9.17) is 5.73 Å². The van der Waals surface area contributed by atoms with Crippen molar-refractivity contribution in [2.24, 2.45) is 5.73 Å². The Morgan fingerprint density at radius 1 is 1.30 bits per heavy atom. The molecule has 1 heteroatoms. The van der Waals surface area contributed by atoms with Crippen molar-refractivity contribution < 1.29 is 0 Å². The van der Waals surface area contributed by atoms with Crippen LogP contribution in [0.4, 0.5) is 0 Å². The first-order chi connectivity index (χ1) is 4.86. The van der Waals surface area contributed by atoms with E-state index in [1.54, 1.807) is 5.57 Å². The van der Waals surface area contributed by atoms with E-state index in [-0.39, 0.29) is 0 Å². The fourth-order valence-corrected chi connectivity index (χ4v) is 1.82. The maximum atomic E-state index is 5.77. The van der Waals surface area contributed by atoms with E-state index >= 15 is 0 Å². The van der Waals surface area contributed by atoms with E-state index < -0.39 is 0 Å². The van der Waals surface area contributed by atoms with Crippen molar-refractivity contribution in [3.05, 3.63) is 23.3 Å². The van der Waals surface area contributed by atoms with Crippen LogP contribution in [0.5, 0.6) is 0 Å². The normalized spacial score (nSPS) is 31.1. The highest BCUT2D eigenvalue weighted by atomic mass is 14.6. The number of nitrogens with two attached hydrogens (primary N) is 1. The molecule has 0 aliphatic heterocycles. The molecule has 2 rings (SSSR count). The minimum absolute atomic E-state index is 0.303. The Hall–Kier alpha value is -0.560. The molecule has 0 aromatic rings. The molecule has 1 fully saturated rings. The summed E-state index contributed by atoms with van der Waals surface area (Å²) in [7, 11) is 0. The summed E-state index contributed by atoms with van der Waals surface area (Å²) in [5.74, 6) is 0. The summed E-state index contributed by atoms with van der Waals surface area (Å²) in [5, 5.41) is 0. The lowest BCUT2D eigenvalue weighted by atomic mass is 9.98.